The summed E-state index contributed by atoms with van der Waals surface area (Å²) in [6, 6.07) is 11.1. The van der Waals surface area contributed by atoms with Gasteiger partial charge in [-0.15, -0.1) is 0 Å². The molecule has 0 radical (unpaired) electrons. The average Bonchev–Trinajstić information content (AvgIpc) is 2.46. The molecule has 1 unspecified atom stereocenters. The topological polar surface area (TPSA) is 12.0 Å². The van der Waals surface area contributed by atoms with Gasteiger partial charge < -0.3 is 5.32 Å². The molecule has 0 saturated carbocycles. The van der Waals surface area contributed by atoms with Gasteiger partial charge >= 0.3 is 0 Å². The van der Waals surface area contributed by atoms with Gasteiger partial charge in [0.2, 0.25) is 0 Å². The van der Waals surface area contributed by atoms with E-state index in [1.807, 2.05) is 25.1 Å². The van der Waals surface area contributed by atoms with E-state index in [9.17, 15) is 8.78 Å². The van der Waals surface area contributed by atoms with Crippen molar-refractivity contribution in [1.82, 2.24) is 5.32 Å². The molecule has 0 aliphatic carbocycles. The lowest BCUT2D eigenvalue weighted by Crippen LogP contribution is -2.24. The van der Waals surface area contributed by atoms with Gasteiger partial charge in [0.05, 0.1) is 0 Å². The summed E-state index contributed by atoms with van der Waals surface area (Å²) in [7, 11) is 0. The third kappa shape index (κ3) is 4.26. The number of hydrogen-bond donors (Lipinski definition) is 1. The Kier molecular flexibility index (Phi) is 5.71. The summed E-state index contributed by atoms with van der Waals surface area (Å²) in [6.45, 7) is 2.82. The van der Waals surface area contributed by atoms with Gasteiger partial charge in [0.15, 0.2) is 0 Å². The Bertz CT molecular complexity index is 581. The van der Waals surface area contributed by atoms with Crippen molar-refractivity contribution in [3.8, 4) is 0 Å². The normalized spacial score (nSPS) is 12.4. The summed E-state index contributed by atoms with van der Waals surface area (Å²) < 4.78 is 27.7. The van der Waals surface area contributed by atoms with Crippen molar-refractivity contribution in [3.63, 3.8) is 0 Å². The van der Waals surface area contributed by atoms with Gasteiger partial charge in [-0.25, -0.2) is 8.78 Å². The molecule has 112 valence electrons. The van der Waals surface area contributed by atoms with Crippen molar-refractivity contribution >= 4 is 11.6 Å². The SMILES string of the molecule is CCCNC(Cc1c(F)cccc1F)c1cccc(Cl)c1. The third-order valence-corrected chi connectivity index (χ3v) is 3.60. The van der Waals surface area contributed by atoms with Crippen molar-refractivity contribution in [3.05, 3.63) is 70.2 Å². The molecule has 0 spiro atoms. The van der Waals surface area contributed by atoms with E-state index < -0.39 is 11.6 Å². The summed E-state index contributed by atoms with van der Waals surface area (Å²) in [5.41, 5.74) is 1.03. The minimum absolute atomic E-state index is 0.103. The summed E-state index contributed by atoms with van der Waals surface area (Å²) in [4.78, 5) is 0. The minimum Gasteiger partial charge on any atom is -0.310 e. The molecule has 0 amide bonds. The van der Waals surface area contributed by atoms with Crippen molar-refractivity contribution in [1.29, 1.82) is 0 Å². The largest absolute Gasteiger partial charge is 0.310 e. The van der Waals surface area contributed by atoms with Crippen LogP contribution < -0.4 is 5.32 Å². The van der Waals surface area contributed by atoms with Crippen LogP contribution in [-0.2, 0) is 6.42 Å². The molecule has 0 bridgehead atoms. The zero-order valence-electron chi connectivity index (χ0n) is 11.9. The van der Waals surface area contributed by atoms with E-state index >= 15 is 0 Å². The van der Waals surface area contributed by atoms with Crippen LogP contribution >= 0.6 is 11.6 Å². The number of rotatable bonds is 6. The average molecular weight is 310 g/mol. The maximum absolute atomic E-state index is 13.8. The highest BCUT2D eigenvalue weighted by Gasteiger charge is 2.17. The van der Waals surface area contributed by atoms with Crippen molar-refractivity contribution < 1.29 is 8.78 Å². The van der Waals surface area contributed by atoms with Gasteiger partial charge in [0, 0.05) is 16.6 Å². The summed E-state index contributed by atoms with van der Waals surface area (Å²) in [5.74, 6) is -1.03. The molecule has 21 heavy (non-hydrogen) atoms. The van der Waals surface area contributed by atoms with Crippen molar-refractivity contribution in [2.75, 3.05) is 6.54 Å². The molecule has 0 aliphatic heterocycles. The predicted molar refractivity (Wildman–Crippen MR) is 82.5 cm³/mol. The molecule has 0 saturated heterocycles. The van der Waals surface area contributed by atoms with Crippen LogP contribution in [-0.4, -0.2) is 6.54 Å². The molecular formula is C17H18ClF2N. The molecular weight excluding hydrogens is 292 g/mol. The smallest absolute Gasteiger partial charge is 0.129 e. The molecule has 2 aromatic carbocycles. The Morgan fingerprint density at radius 3 is 2.38 bits per heavy atom. The van der Waals surface area contributed by atoms with Crippen LogP contribution in [0.3, 0.4) is 0 Å². The van der Waals surface area contributed by atoms with E-state index in [0.717, 1.165) is 18.5 Å². The van der Waals surface area contributed by atoms with Crippen LogP contribution in [0.15, 0.2) is 42.5 Å². The standard InChI is InChI=1S/C17H18ClF2N/c1-2-9-21-17(12-5-3-6-13(18)10-12)11-14-15(19)7-4-8-16(14)20/h3-8,10,17,21H,2,9,11H2,1H3. The molecule has 2 rings (SSSR count). The lowest BCUT2D eigenvalue weighted by molar-refractivity contribution is 0.490. The van der Waals surface area contributed by atoms with Crippen LogP contribution in [0.5, 0.6) is 0 Å². The Hall–Kier alpha value is -1.45. The zero-order valence-corrected chi connectivity index (χ0v) is 12.6. The van der Waals surface area contributed by atoms with Gasteiger partial charge in [-0.1, -0.05) is 36.7 Å². The van der Waals surface area contributed by atoms with Gasteiger partial charge in [-0.05, 0) is 49.2 Å². The van der Waals surface area contributed by atoms with Crippen LogP contribution in [0.2, 0.25) is 5.02 Å². The Balaban J connectivity index is 2.28. The van der Waals surface area contributed by atoms with Gasteiger partial charge in [0.25, 0.3) is 0 Å². The molecule has 0 heterocycles. The zero-order chi connectivity index (χ0) is 15.2. The summed E-state index contributed by atoms with van der Waals surface area (Å²) >= 11 is 6.01. The highest BCUT2D eigenvalue weighted by molar-refractivity contribution is 6.30. The van der Waals surface area contributed by atoms with E-state index in [-0.39, 0.29) is 18.0 Å². The quantitative estimate of drug-likeness (QED) is 0.800. The predicted octanol–water partition coefficient (Wildman–Crippen LogP) is 4.90. The molecule has 0 fully saturated rings. The molecule has 1 atom stereocenters. The first-order chi connectivity index (χ1) is 10.1. The Morgan fingerprint density at radius 1 is 1.10 bits per heavy atom. The van der Waals surface area contributed by atoms with Gasteiger partial charge in [-0.2, -0.15) is 0 Å². The van der Waals surface area contributed by atoms with E-state index in [4.69, 9.17) is 11.6 Å². The molecule has 4 heteroatoms. The first kappa shape index (κ1) is 15.9. The summed E-state index contributed by atoms with van der Waals surface area (Å²) in [6.07, 6.45) is 1.19. The monoisotopic (exact) mass is 309 g/mol. The lowest BCUT2D eigenvalue weighted by atomic mass is 9.98. The number of halogens is 3. The number of hydrogen-bond acceptors (Lipinski definition) is 1. The highest BCUT2D eigenvalue weighted by Crippen LogP contribution is 2.24. The van der Waals surface area contributed by atoms with E-state index in [1.165, 1.54) is 18.2 Å². The molecule has 0 aliphatic rings. The second kappa shape index (κ2) is 7.53. The van der Waals surface area contributed by atoms with Crippen LogP contribution in [0.4, 0.5) is 8.78 Å². The fourth-order valence-electron chi connectivity index (χ4n) is 2.28. The minimum atomic E-state index is -0.514. The first-order valence-corrected chi connectivity index (χ1v) is 7.41. The lowest BCUT2D eigenvalue weighted by Gasteiger charge is -2.20. The fourth-order valence-corrected chi connectivity index (χ4v) is 2.48. The van der Waals surface area contributed by atoms with Gasteiger partial charge in [-0.3, -0.25) is 0 Å². The van der Waals surface area contributed by atoms with E-state index in [0.29, 0.717) is 5.02 Å². The van der Waals surface area contributed by atoms with Crippen LogP contribution in [0.1, 0.15) is 30.5 Å². The first-order valence-electron chi connectivity index (χ1n) is 7.03. The number of nitrogens with one attached hydrogen (secondary N) is 1. The third-order valence-electron chi connectivity index (χ3n) is 3.36. The summed E-state index contributed by atoms with van der Waals surface area (Å²) in [5, 5.41) is 3.94. The highest BCUT2D eigenvalue weighted by atomic mass is 35.5. The molecule has 1 N–H and O–H groups in total. The second-order valence-electron chi connectivity index (χ2n) is 4.97. The second-order valence-corrected chi connectivity index (χ2v) is 5.40. The van der Waals surface area contributed by atoms with Crippen LogP contribution in [0, 0.1) is 11.6 Å². The van der Waals surface area contributed by atoms with Gasteiger partial charge in [0.1, 0.15) is 11.6 Å². The Morgan fingerprint density at radius 2 is 1.76 bits per heavy atom. The van der Waals surface area contributed by atoms with Crippen molar-refractivity contribution in [2.24, 2.45) is 0 Å². The van der Waals surface area contributed by atoms with Crippen molar-refractivity contribution in [2.45, 2.75) is 25.8 Å². The van der Waals surface area contributed by atoms with E-state index in [2.05, 4.69) is 5.32 Å². The Labute approximate surface area is 128 Å². The molecule has 1 nitrogen and oxygen atoms in total. The number of benzene rings is 2. The van der Waals surface area contributed by atoms with E-state index in [1.54, 1.807) is 6.07 Å². The fraction of sp³-hybridized carbons (Fsp3) is 0.294. The molecule has 0 aromatic heterocycles. The molecule has 2 aromatic rings. The maximum Gasteiger partial charge on any atom is 0.129 e. The van der Waals surface area contributed by atoms with Crippen LogP contribution in [0.25, 0.3) is 0 Å². The maximum atomic E-state index is 13.8.